The van der Waals surface area contributed by atoms with Crippen molar-refractivity contribution < 1.29 is 9.90 Å². The summed E-state index contributed by atoms with van der Waals surface area (Å²) in [5.41, 5.74) is 1.28. The van der Waals surface area contributed by atoms with Gasteiger partial charge in [-0.2, -0.15) is 0 Å². The number of hydrogen-bond donors (Lipinski definition) is 3. The smallest absolute Gasteiger partial charge is 0.231 e. The highest BCUT2D eigenvalue weighted by molar-refractivity contribution is 5.95. The van der Waals surface area contributed by atoms with Gasteiger partial charge in [0, 0.05) is 12.2 Å². The Labute approximate surface area is 107 Å². The van der Waals surface area contributed by atoms with Crippen molar-refractivity contribution in [2.24, 2.45) is 5.41 Å². The number of rotatable bonds is 4. The van der Waals surface area contributed by atoms with Gasteiger partial charge in [-0.3, -0.25) is 4.79 Å². The molecule has 1 aromatic carbocycles. The van der Waals surface area contributed by atoms with E-state index in [9.17, 15) is 4.79 Å². The van der Waals surface area contributed by atoms with E-state index in [4.69, 9.17) is 5.11 Å². The second kappa shape index (κ2) is 5.50. The highest BCUT2D eigenvalue weighted by Crippen LogP contribution is 2.31. The number of nitrogens with one attached hydrogen (secondary N) is 2. The van der Waals surface area contributed by atoms with Crippen molar-refractivity contribution in [2.45, 2.75) is 26.4 Å². The maximum atomic E-state index is 12.4. The average Bonchev–Trinajstić information content (AvgIpc) is 2.89. The zero-order chi connectivity index (χ0) is 13.0. The van der Waals surface area contributed by atoms with E-state index in [0.29, 0.717) is 0 Å². The third-order valence-corrected chi connectivity index (χ3v) is 3.77. The number of anilines is 1. The van der Waals surface area contributed by atoms with E-state index in [2.05, 4.69) is 17.6 Å². The maximum absolute atomic E-state index is 12.4. The minimum absolute atomic E-state index is 0.00974. The minimum atomic E-state index is -0.283. The molecule has 1 aliphatic heterocycles. The molecule has 0 aliphatic carbocycles. The largest absolute Gasteiger partial charge is 0.392 e. The maximum Gasteiger partial charge on any atom is 0.231 e. The van der Waals surface area contributed by atoms with E-state index >= 15 is 0 Å². The molecule has 1 saturated heterocycles. The SMILES string of the molecule is CCC1(C(=O)Nc2cccc(CO)c2)CCNC1. The quantitative estimate of drug-likeness (QED) is 0.757. The predicted octanol–water partition coefficient (Wildman–Crippen LogP) is 1.51. The Hall–Kier alpha value is -1.39. The van der Waals surface area contributed by atoms with Crippen LogP contribution in [0.1, 0.15) is 25.3 Å². The first kappa shape index (κ1) is 13.1. The monoisotopic (exact) mass is 248 g/mol. The second-order valence-electron chi connectivity index (χ2n) is 4.87. The summed E-state index contributed by atoms with van der Waals surface area (Å²) in [5.74, 6) is 0.0742. The summed E-state index contributed by atoms with van der Waals surface area (Å²) in [6.07, 6.45) is 1.72. The Morgan fingerprint density at radius 3 is 3.00 bits per heavy atom. The van der Waals surface area contributed by atoms with Gasteiger partial charge in [0.25, 0.3) is 0 Å². The summed E-state index contributed by atoms with van der Waals surface area (Å²) < 4.78 is 0. The number of aliphatic hydroxyl groups excluding tert-OH is 1. The van der Waals surface area contributed by atoms with Gasteiger partial charge in [-0.05, 0) is 37.1 Å². The molecule has 1 aliphatic rings. The number of hydrogen-bond acceptors (Lipinski definition) is 3. The highest BCUT2D eigenvalue weighted by Gasteiger charge is 2.39. The van der Waals surface area contributed by atoms with Crippen molar-refractivity contribution in [3.63, 3.8) is 0 Å². The molecule has 1 fully saturated rings. The van der Waals surface area contributed by atoms with Crippen molar-refractivity contribution in [3.05, 3.63) is 29.8 Å². The Bertz CT molecular complexity index is 426. The van der Waals surface area contributed by atoms with Crippen molar-refractivity contribution in [1.29, 1.82) is 0 Å². The van der Waals surface area contributed by atoms with Crippen LogP contribution >= 0.6 is 0 Å². The predicted molar refractivity (Wildman–Crippen MR) is 71.2 cm³/mol. The number of carbonyl (C=O) groups excluding carboxylic acids is 1. The second-order valence-corrected chi connectivity index (χ2v) is 4.87. The number of benzene rings is 1. The first-order chi connectivity index (χ1) is 8.70. The van der Waals surface area contributed by atoms with Gasteiger partial charge in [0.2, 0.25) is 5.91 Å². The topological polar surface area (TPSA) is 61.4 Å². The van der Waals surface area contributed by atoms with Crippen LogP contribution < -0.4 is 10.6 Å². The fourth-order valence-corrected chi connectivity index (χ4v) is 2.41. The molecule has 0 radical (unpaired) electrons. The molecule has 3 N–H and O–H groups in total. The number of amides is 1. The molecule has 0 saturated carbocycles. The van der Waals surface area contributed by atoms with E-state index in [1.54, 1.807) is 0 Å². The molecule has 98 valence electrons. The van der Waals surface area contributed by atoms with Crippen LogP contribution in [0.2, 0.25) is 0 Å². The average molecular weight is 248 g/mol. The molecule has 1 unspecified atom stereocenters. The van der Waals surface area contributed by atoms with Crippen LogP contribution in [0, 0.1) is 5.41 Å². The Balaban J connectivity index is 2.10. The van der Waals surface area contributed by atoms with Crippen LogP contribution in [0.4, 0.5) is 5.69 Å². The van der Waals surface area contributed by atoms with Crippen LogP contribution in [0.15, 0.2) is 24.3 Å². The van der Waals surface area contributed by atoms with Crippen LogP contribution in [0.3, 0.4) is 0 Å². The summed E-state index contributed by atoms with van der Waals surface area (Å²) in [7, 11) is 0. The van der Waals surface area contributed by atoms with Crippen molar-refractivity contribution in [1.82, 2.24) is 5.32 Å². The van der Waals surface area contributed by atoms with E-state index in [0.717, 1.165) is 37.2 Å². The van der Waals surface area contributed by atoms with Gasteiger partial charge in [-0.15, -0.1) is 0 Å². The van der Waals surface area contributed by atoms with E-state index in [-0.39, 0.29) is 17.9 Å². The van der Waals surface area contributed by atoms with E-state index in [1.807, 2.05) is 24.3 Å². The highest BCUT2D eigenvalue weighted by atomic mass is 16.3. The number of carbonyl (C=O) groups is 1. The lowest BCUT2D eigenvalue weighted by molar-refractivity contribution is -0.124. The van der Waals surface area contributed by atoms with Gasteiger partial charge in [0.05, 0.1) is 12.0 Å². The van der Waals surface area contributed by atoms with Gasteiger partial charge >= 0.3 is 0 Å². The van der Waals surface area contributed by atoms with Crippen LogP contribution in [0.25, 0.3) is 0 Å². The van der Waals surface area contributed by atoms with Crippen LogP contribution in [-0.4, -0.2) is 24.1 Å². The summed E-state index contributed by atoms with van der Waals surface area (Å²) >= 11 is 0. The lowest BCUT2D eigenvalue weighted by Gasteiger charge is -2.25. The van der Waals surface area contributed by atoms with Crippen LogP contribution in [-0.2, 0) is 11.4 Å². The fraction of sp³-hybridized carbons (Fsp3) is 0.500. The molecule has 1 atom stereocenters. The van der Waals surface area contributed by atoms with E-state index < -0.39 is 0 Å². The van der Waals surface area contributed by atoms with Gasteiger partial charge < -0.3 is 15.7 Å². The Kier molecular flexibility index (Phi) is 3.99. The molecule has 1 aromatic rings. The third kappa shape index (κ3) is 2.54. The molecule has 4 nitrogen and oxygen atoms in total. The minimum Gasteiger partial charge on any atom is -0.392 e. The zero-order valence-electron chi connectivity index (χ0n) is 10.7. The zero-order valence-corrected chi connectivity index (χ0v) is 10.7. The standard InChI is InChI=1S/C14H20N2O2/c1-2-14(6-7-15-10-14)13(18)16-12-5-3-4-11(8-12)9-17/h3-5,8,15,17H,2,6-7,9-10H2,1H3,(H,16,18). The molecular weight excluding hydrogens is 228 g/mol. The number of aliphatic hydroxyl groups is 1. The molecular formula is C14H20N2O2. The van der Waals surface area contributed by atoms with Crippen molar-refractivity contribution in [2.75, 3.05) is 18.4 Å². The van der Waals surface area contributed by atoms with Crippen molar-refractivity contribution >= 4 is 11.6 Å². The van der Waals surface area contributed by atoms with Gasteiger partial charge in [0.15, 0.2) is 0 Å². The molecule has 18 heavy (non-hydrogen) atoms. The fourth-order valence-electron chi connectivity index (χ4n) is 2.41. The summed E-state index contributed by atoms with van der Waals surface area (Å²) in [6.45, 7) is 3.69. The van der Waals surface area contributed by atoms with Gasteiger partial charge in [-0.1, -0.05) is 19.1 Å². The first-order valence-electron chi connectivity index (χ1n) is 6.42. The normalized spacial score (nSPS) is 23.0. The van der Waals surface area contributed by atoms with Gasteiger partial charge in [0.1, 0.15) is 0 Å². The summed E-state index contributed by atoms with van der Waals surface area (Å²) in [4.78, 5) is 12.4. The molecule has 1 heterocycles. The van der Waals surface area contributed by atoms with Crippen LogP contribution in [0.5, 0.6) is 0 Å². The molecule has 0 spiro atoms. The molecule has 1 amide bonds. The third-order valence-electron chi connectivity index (χ3n) is 3.77. The molecule has 4 heteroatoms. The molecule has 0 bridgehead atoms. The summed E-state index contributed by atoms with van der Waals surface area (Å²) in [6, 6.07) is 7.33. The summed E-state index contributed by atoms with van der Waals surface area (Å²) in [5, 5.41) is 15.3. The molecule has 2 rings (SSSR count). The lowest BCUT2D eigenvalue weighted by Crippen LogP contribution is -2.37. The van der Waals surface area contributed by atoms with Crippen molar-refractivity contribution in [3.8, 4) is 0 Å². The van der Waals surface area contributed by atoms with E-state index in [1.165, 1.54) is 0 Å². The molecule has 0 aromatic heterocycles. The first-order valence-corrected chi connectivity index (χ1v) is 6.42. The lowest BCUT2D eigenvalue weighted by atomic mass is 9.83. The Morgan fingerprint density at radius 2 is 2.39 bits per heavy atom. The Morgan fingerprint density at radius 1 is 1.56 bits per heavy atom. The van der Waals surface area contributed by atoms with Gasteiger partial charge in [-0.25, -0.2) is 0 Å².